The Bertz CT molecular complexity index is 531. The fourth-order valence-corrected chi connectivity index (χ4v) is 4.31. The van der Waals surface area contributed by atoms with Gasteiger partial charge in [-0.15, -0.1) is 11.6 Å². The van der Waals surface area contributed by atoms with Gasteiger partial charge in [0.2, 0.25) is 10.0 Å². The Kier molecular flexibility index (Phi) is 7.00. The zero-order valence-corrected chi connectivity index (χ0v) is 15.1. The van der Waals surface area contributed by atoms with Gasteiger partial charge in [-0.25, -0.2) is 8.42 Å². The van der Waals surface area contributed by atoms with Crippen molar-refractivity contribution in [1.82, 2.24) is 9.21 Å². The van der Waals surface area contributed by atoms with Crippen molar-refractivity contribution >= 4 is 37.6 Å². The van der Waals surface area contributed by atoms with Crippen molar-refractivity contribution in [3.63, 3.8) is 0 Å². The summed E-state index contributed by atoms with van der Waals surface area (Å²) in [7, 11) is 0.254. The van der Waals surface area contributed by atoms with Crippen molar-refractivity contribution in [2.45, 2.75) is 24.1 Å². The van der Waals surface area contributed by atoms with E-state index in [2.05, 4.69) is 15.9 Å². The summed E-state index contributed by atoms with van der Waals surface area (Å²) in [5.74, 6) is 0.570. The number of furan rings is 1. The van der Waals surface area contributed by atoms with Crippen LogP contribution in [0.5, 0.6) is 0 Å². The highest BCUT2D eigenvalue weighted by molar-refractivity contribution is 9.10. The molecule has 0 aliphatic rings. The smallest absolute Gasteiger partial charge is 0.247 e. The van der Waals surface area contributed by atoms with Crippen LogP contribution >= 0.6 is 27.5 Å². The molecular formula is C12H20BrClN2O3S. The van der Waals surface area contributed by atoms with E-state index in [9.17, 15) is 8.42 Å². The van der Waals surface area contributed by atoms with Crippen LogP contribution in [0.4, 0.5) is 0 Å². The molecule has 1 heterocycles. The third kappa shape index (κ3) is 4.46. The second-order valence-corrected chi connectivity index (χ2v) is 7.59. The summed E-state index contributed by atoms with van der Waals surface area (Å²) < 4.78 is 32.3. The van der Waals surface area contributed by atoms with E-state index in [4.69, 9.17) is 16.0 Å². The fraction of sp³-hybridized carbons (Fsp3) is 0.667. The molecule has 1 rings (SSSR count). The lowest BCUT2D eigenvalue weighted by Crippen LogP contribution is -2.37. The molecule has 0 aliphatic carbocycles. The number of alkyl halides is 1. The Morgan fingerprint density at radius 3 is 2.40 bits per heavy atom. The standard InChI is InChI=1S/C12H20BrClN2O3S/c1-4-5-16(7-6-15(2)3)20(17,18)11-8-10(9-14)19-12(11)13/h8H,4-7,9H2,1-3H3. The molecule has 0 bridgehead atoms. The van der Waals surface area contributed by atoms with Gasteiger partial charge in [-0.2, -0.15) is 4.31 Å². The summed E-state index contributed by atoms with van der Waals surface area (Å²) in [4.78, 5) is 2.09. The summed E-state index contributed by atoms with van der Waals surface area (Å²) >= 11 is 8.83. The van der Waals surface area contributed by atoms with E-state index in [1.165, 1.54) is 10.4 Å². The average molecular weight is 388 g/mol. The molecule has 0 fully saturated rings. The summed E-state index contributed by atoms with van der Waals surface area (Å²) in [6, 6.07) is 1.48. The van der Waals surface area contributed by atoms with Gasteiger partial charge in [0.1, 0.15) is 10.7 Å². The molecule has 5 nitrogen and oxygen atoms in total. The van der Waals surface area contributed by atoms with Crippen LogP contribution in [0.2, 0.25) is 0 Å². The Morgan fingerprint density at radius 1 is 1.30 bits per heavy atom. The minimum atomic E-state index is -3.57. The molecule has 20 heavy (non-hydrogen) atoms. The van der Waals surface area contributed by atoms with E-state index in [1.54, 1.807) is 0 Å². The van der Waals surface area contributed by atoms with E-state index in [0.29, 0.717) is 25.4 Å². The van der Waals surface area contributed by atoms with Crippen LogP contribution in [0.15, 0.2) is 20.0 Å². The number of hydrogen-bond acceptors (Lipinski definition) is 4. The molecular weight excluding hydrogens is 368 g/mol. The normalized spacial score (nSPS) is 12.6. The third-order valence-electron chi connectivity index (χ3n) is 2.73. The van der Waals surface area contributed by atoms with Crippen molar-refractivity contribution in [3.05, 3.63) is 16.5 Å². The molecule has 0 saturated carbocycles. The van der Waals surface area contributed by atoms with Crippen LogP contribution in [0.3, 0.4) is 0 Å². The molecule has 0 aliphatic heterocycles. The second-order valence-electron chi connectivity index (χ2n) is 4.69. The summed E-state index contributed by atoms with van der Waals surface area (Å²) in [5, 5.41) is 0. The number of halogens is 2. The van der Waals surface area contributed by atoms with Crippen LogP contribution < -0.4 is 0 Å². The van der Waals surface area contributed by atoms with Gasteiger partial charge in [0.05, 0.1) is 5.88 Å². The van der Waals surface area contributed by atoms with E-state index in [-0.39, 0.29) is 15.4 Å². The molecule has 0 spiro atoms. The molecule has 116 valence electrons. The lowest BCUT2D eigenvalue weighted by atomic mass is 10.4. The highest BCUT2D eigenvalue weighted by Crippen LogP contribution is 2.29. The minimum Gasteiger partial charge on any atom is -0.452 e. The monoisotopic (exact) mass is 386 g/mol. The highest BCUT2D eigenvalue weighted by Gasteiger charge is 2.28. The first-order valence-corrected chi connectivity index (χ1v) is 9.08. The summed E-state index contributed by atoms with van der Waals surface area (Å²) in [5.41, 5.74) is 0. The molecule has 0 amide bonds. The van der Waals surface area contributed by atoms with Crippen molar-refractivity contribution in [2.24, 2.45) is 0 Å². The van der Waals surface area contributed by atoms with Gasteiger partial charge < -0.3 is 9.32 Å². The van der Waals surface area contributed by atoms with Crippen LogP contribution in [-0.4, -0.2) is 51.4 Å². The Morgan fingerprint density at radius 2 is 1.95 bits per heavy atom. The van der Waals surface area contributed by atoms with Crippen LogP contribution in [-0.2, 0) is 15.9 Å². The van der Waals surface area contributed by atoms with Gasteiger partial charge in [-0.05, 0) is 36.4 Å². The van der Waals surface area contributed by atoms with Gasteiger partial charge in [-0.1, -0.05) is 6.92 Å². The lowest BCUT2D eigenvalue weighted by Gasteiger charge is -2.22. The molecule has 0 N–H and O–H groups in total. The first kappa shape index (κ1) is 18.0. The van der Waals surface area contributed by atoms with Crippen LogP contribution in [0.25, 0.3) is 0 Å². The zero-order chi connectivity index (χ0) is 15.3. The zero-order valence-electron chi connectivity index (χ0n) is 11.9. The van der Waals surface area contributed by atoms with Crippen LogP contribution in [0.1, 0.15) is 19.1 Å². The molecule has 0 saturated heterocycles. The first-order chi connectivity index (χ1) is 9.32. The number of nitrogens with zero attached hydrogens (tertiary/aromatic N) is 2. The lowest BCUT2D eigenvalue weighted by molar-refractivity contribution is 0.332. The molecule has 1 aromatic heterocycles. The molecule has 0 atom stereocenters. The minimum absolute atomic E-state index is 0.138. The first-order valence-electron chi connectivity index (χ1n) is 6.32. The van der Waals surface area contributed by atoms with Crippen LogP contribution in [0, 0.1) is 0 Å². The van der Waals surface area contributed by atoms with Gasteiger partial charge >= 0.3 is 0 Å². The SMILES string of the molecule is CCCN(CCN(C)C)S(=O)(=O)c1cc(CCl)oc1Br. The maximum Gasteiger partial charge on any atom is 0.247 e. The van der Waals surface area contributed by atoms with E-state index in [1.807, 2.05) is 25.9 Å². The predicted octanol–water partition coefficient (Wildman–Crippen LogP) is 2.74. The second kappa shape index (κ2) is 7.79. The number of sulfonamides is 1. The van der Waals surface area contributed by atoms with Gasteiger partial charge in [0, 0.05) is 25.7 Å². The quantitative estimate of drug-likeness (QED) is 0.644. The fourth-order valence-electron chi connectivity index (χ4n) is 1.69. The predicted molar refractivity (Wildman–Crippen MR) is 83.6 cm³/mol. The van der Waals surface area contributed by atoms with Gasteiger partial charge in [-0.3, -0.25) is 0 Å². The summed E-state index contributed by atoms with van der Waals surface area (Å²) in [6.45, 7) is 3.53. The van der Waals surface area contributed by atoms with E-state index < -0.39 is 10.0 Å². The van der Waals surface area contributed by atoms with Crippen molar-refractivity contribution in [3.8, 4) is 0 Å². The molecule has 8 heteroatoms. The van der Waals surface area contributed by atoms with E-state index >= 15 is 0 Å². The third-order valence-corrected chi connectivity index (χ3v) is 5.74. The Labute approximate surface area is 134 Å². The maximum atomic E-state index is 12.7. The molecule has 1 aromatic rings. The Hall–Kier alpha value is -0.0800. The topological polar surface area (TPSA) is 53.8 Å². The molecule has 0 unspecified atom stereocenters. The largest absolute Gasteiger partial charge is 0.452 e. The average Bonchev–Trinajstić information content (AvgIpc) is 2.76. The molecule has 0 radical (unpaired) electrons. The van der Waals surface area contributed by atoms with Gasteiger partial charge in [0.25, 0.3) is 0 Å². The maximum absolute atomic E-state index is 12.7. The van der Waals surface area contributed by atoms with Crippen molar-refractivity contribution in [2.75, 3.05) is 33.7 Å². The van der Waals surface area contributed by atoms with Gasteiger partial charge in [0.15, 0.2) is 4.67 Å². The Balaban J connectivity index is 3.05. The molecule has 0 aromatic carbocycles. The number of hydrogen-bond donors (Lipinski definition) is 0. The van der Waals surface area contributed by atoms with Crippen molar-refractivity contribution in [1.29, 1.82) is 0 Å². The summed E-state index contributed by atoms with van der Waals surface area (Å²) in [6.07, 6.45) is 0.754. The van der Waals surface area contributed by atoms with E-state index in [0.717, 1.165) is 6.42 Å². The number of rotatable bonds is 8. The number of likely N-dealkylation sites (N-methyl/N-ethyl adjacent to an activating group) is 1. The highest BCUT2D eigenvalue weighted by atomic mass is 79.9. The van der Waals surface area contributed by atoms with Crippen molar-refractivity contribution < 1.29 is 12.8 Å².